The molecule has 1 spiro atoms. The zero-order valence-corrected chi connectivity index (χ0v) is 13.3. The second-order valence-corrected chi connectivity index (χ2v) is 9.70. The normalized spacial score (nSPS) is 75.9. The predicted molar refractivity (Wildman–Crippen MR) is 78.5 cm³/mol. The van der Waals surface area contributed by atoms with Crippen molar-refractivity contribution in [2.24, 2.45) is 64.1 Å². The van der Waals surface area contributed by atoms with Gasteiger partial charge in [-0.3, -0.25) is 0 Å². The summed E-state index contributed by atoms with van der Waals surface area (Å²) in [4.78, 5) is 0. The highest BCUT2D eigenvalue weighted by molar-refractivity contribution is 5.30. The molecule has 11 unspecified atom stereocenters. The van der Waals surface area contributed by atoms with Crippen LogP contribution in [0.2, 0.25) is 0 Å². The van der Waals surface area contributed by atoms with E-state index in [1.807, 2.05) is 0 Å². The van der Waals surface area contributed by atoms with Crippen molar-refractivity contribution in [3.05, 3.63) is 0 Å². The largest absolute Gasteiger partial charge is 0.0622 e. The standard InChI is InChI=1S/C19H30/c1-9-7-19-8-18(19,5)17-12(4)15(17)14-6-13(14)11(3)16(19)10(9)2/h9-17H,6-8H2,1-5H3. The van der Waals surface area contributed by atoms with Gasteiger partial charge in [0.05, 0.1) is 0 Å². The Hall–Kier alpha value is 0. The number of hydrogen-bond acceptors (Lipinski definition) is 0. The quantitative estimate of drug-likeness (QED) is 0.583. The van der Waals surface area contributed by atoms with Crippen LogP contribution in [0.15, 0.2) is 0 Å². The number of fused-ring (bicyclic) bond motifs is 4. The molecule has 5 rings (SSSR count). The number of rotatable bonds is 0. The SMILES string of the molecule is CC1CC23CC2(C)C2C(C)C2C2CC2C(C)C3C1C. The summed E-state index contributed by atoms with van der Waals surface area (Å²) in [5, 5.41) is 0. The molecule has 0 radical (unpaired) electrons. The molecule has 0 aliphatic heterocycles. The highest BCUT2D eigenvalue weighted by atomic mass is 14.9. The minimum atomic E-state index is 0.753. The molecule has 106 valence electrons. The summed E-state index contributed by atoms with van der Waals surface area (Å²) in [6.07, 6.45) is 4.75. The molecule has 0 bridgehead atoms. The van der Waals surface area contributed by atoms with Gasteiger partial charge < -0.3 is 0 Å². The zero-order chi connectivity index (χ0) is 13.3. The molecule has 0 amide bonds. The van der Waals surface area contributed by atoms with E-state index >= 15 is 0 Å². The maximum atomic E-state index is 2.70. The van der Waals surface area contributed by atoms with Gasteiger partial charge in [-0.2, -0.15) is 0 Å². The van der Waals surface area contributed by atoms with Crippen molar-refractivity contribution in [2.75, 3.05) is 0 Å². The fraction of sp³-hybridized carbons (Fsp3) is 1.00. The van der Waals surface area contributed by atoms with Gasteiger partial charge in [-0.1, -0.05) is 34.6 Å². The first kappa shape index (κ1) is 11.6. The maximum Gasteiger partial charge on any atom is -0.0199 e. The molecule has 0 saturated heterocycles. The highest BCUT2D eigenvalue weighted by Gasteiger charge is 2.82. The Kier molecular flexibility index (Phi) is 1.81. The predicted octanol–water partition coefficient (Wildman–Crippen LogP) is 4.84. The molecule has 0 aromatic heterocycles. The fourth-order valence-corrected chi connectivity index (χ4v) is 8.30. The van der Waals surface area contributed by atoms with E-state index in [4.69, 9.17) is 0 Å². The molecule has 0 N–H and O–H groups in total. The van der Waals surface area contributed by atoms with Gasteiger partial charge >= 0.3 is 0 Å². The molecule has 5 aliphatic rings. The van der Waals surface area contributed by atoms with Crippen molar-refractivity contribution in [1.82, 2.24) is 0 Å². The van der Waals surface area contributed by atoms with Gasteiger partial charge in [0.15, 0.2) is 0 Å². The lowest BCUT2D eigenvalue weighted by Gasteiger charge is -2.35. The van der Waals surface area contributed by atoms with Crippen LogP contribution in [0.25, 0.3) is 0 Å². The average molecular weight is 258 g/mol. The third-order valence-corrected chi connectivity index (χ3v) is 9.29. The number of hydrogen-bond donors (Lipinski definition) is 0. The van der Waals surface area contributed by atoms with E-state index in [1.54, 1.807) is 19.3 Å². The Morgan fingerprint density at radius 2 is 1.58 bits per heavy atom. The molecule has 11 atom stereocenters. The Morgan fingerprint density at radius 1 is 0.842 bits per heavy atom. The Bertz CT molecular complexity index is 453. The molecular formula is C19H30. The van der Waals surface area contributed by atoms with E-state index < -0.39 is 0 Å². The van der Waals surface area contributed by atoms with Crippen molar-refractivity contribution in [3.8, 4) is 0 Å². The van der Waals surface area contributed by atoms with E-state index in [0.29, 0.717) is 0 Å². The molecule has 5 fully saturated rings. The monoisotopic (exact) mass is 258 g/mol. The van der Waals surface area contributed by atoms with Crippen LogP contribution >= 0.6 is 0 Å². The molecule has 0 nitrogen and oxygen atoms in total. The molecule has 0 heterocycles. The van der Waals surface area contributed by atoms with Crippen LogP contribution in [-0.4, -0.2) is 0 Å². The van der Waals surface area contributed by atoms with Crippen molar-refractivity contribution < 1.29 is 0 Å². The minimum Gasteiger partial charge on any atom is -0.0622 e. The van der Waals surface area contributed by atoms with Crippen LogP contribution in [0, 0.1) is 64.1 Å². The van der Waals surface area contributed by atoms with Crippen molar-refractivity contribution >= 4 is 0 Å². The van der Waals surface area contributed by atoms with Crippen LogP contribution in [0.5, 0.6) is 0 Å². The topological polar surface area (TPSA) is 0 Å². The molecule has 0 aromatic rings. The lowest BCUT2D eigenvalue weighted by atomic mass is 9.69. The van der Waals surface area contributed by atoms with Gasteiger partial charge in [0.2, 0.25) is 0 Å². The Labute approximate surface area is 118 Å². The van der Waals surface area contributed by atoms with Gasteiger partial charge in [0.1, 0.15) is 0 Å². The summed E-state index contributed by atoms with van der Waals surface area (Å²) < 4.78 is 0. The van der Waals surface area contributed by atoms with Crippen LogP contribution in [-0.2, 0) is 0 Å². The third-order valence-electron chi connectivity index (χ3n) is 9.29. The zero-order valence-electron chi connectivity index (χ0n) is 13.3. The van der Waals surface area contributed by atoms with Crippen LogP contribution in [0.1, 0.15) is 53.9 Å². The van der Waals surface area contributed by atoms with E-state index in [9.17, 15) is 0 Å². The van der Waals surface area contributed by atoms with Crippen LogP contribution < -0.4 is 0 Å². The summed E-state index contributed by atoms with van der Waals surface area (Å²) in [5.74, 6) is 9.67. The van der Waals surface area contributed by atoms with Crippen molar-refractivity contribution in [3.63, 3.8) is 0 Å². The maximum absolute atomic E-state index is 2.70. The first-order chi connectivity index (χ1) is 8.92. The summed E-state index contributed by atoms with van der Waals surface area (Å²) >= 11 is 0. The summed E-state index contributed by atoms with van der Waals surface area (Å²) in [5.41, 5.74) is 1.54. The fourth-order valence-electron chi connectivity index (χ4n) is 8.30. The van der Waals surface area contributed by atoms with Crippen molar-refractivity contribution in [1.29, 1.82) is 0 Å². The van der Waals surface area contributed by atoms with Gasteiger partial charge in [0.25, 0.3) is 0 Å². The van der Waals surface area contributed by atoms with Crippen LogP contribution in [0.3, 0.4) is 0 Å². The molecular weight excluding hydrogens is 228 g/mol. The summed E-state index contributed by atoms with van der Waals surface area (Å²) in [7, 11) is 0. The van der Waals surface area contributed by atoms with E-state index in [2.05, 4.69) is 34.6 Å². The van der Waals surface area contributed by atoms with Gasteiger partial charge in [0, 0.05) is 0 Å². The first-order valence-corrected chi connectivity index (χ1v) is 8.92. The van der Waals surface area contributed by atoms with E-state index in [-0.39, 0.29) is 0 Å². The average Bonchev–Trinajstić information content (AvgIpc) is 3.21. The first-order valence-electron chi connectivity index (χ1n) is 8.92. The Morgan fingerprint density at radius 3 is 2.32 bits per heavy atom. The molecule has 19 heavy (non-hydrogen) atoms. The van der Waals surface area contributed by atoms with Gasteiger partial charge in [-0.15, -0.1) is 0 Å². The van der Waals surface area contributed by atoms with Gasteiger partial charge in [-0.25, -0.2) is 0 Å². The Balaban J connectivity index is 1.62. The minimum absolute atomic E-state index is 0.753. The van der Waals surface area contributed by atoms with E-state index in [1.165, 1.54) is 0 Å². The molecule has 0 aromatic carbocycles. The molecule has 0 heteroatoms. The van der Waals surface area contributed by atoms with Crippen LogP contribution in [0.4, 0.5) is 0 Å². The second-order valence-electron chi connectivity index (χ2n) is 9.70. The second kappa shape index (κ2) is 2.95. The lowest BCUT2D eigenvalue weighted by molar-refractivity contribution is 0.123. The summed E-state index contributed by atoms with van der Waals surface area (Å²) in [6, 6.07) is 0. The summed E-state index contributed by atoms with van der Waals surface area (Å²) in [6.45, 7) is 13.0. The van der Waals surface area contributed by atoms with Crippen molar-refractivity contribution in [2.45, 2.75) is 53.9 Å². The highest BCUT2D eigenvalue weighted by Crippen LogP contribution is 2.88. The van der Waals surface area contributed by atoms with E-state index in [0.717, 1.165) is 64.1 Å². The molecule has 5 saturated carbocycles. The molecule has 5 aliphatic carbocycles. The lowest BCUT2D eigenvalue weighted by Crippen LogP contribution is -2.30. The smallest absolute Gasteiger partial charge is 0.0199 e. The van der Waals surface area contributed by atoms with Gasteiger partial charge in [-0.05, 0) is 83.4 Å². The third kappa shape index (κ3) is 1.06.